The Morgan fingerprint density at radius 1 is 1.39 bits per heavy atom. The van der Waals surface area contributed by atoms with Crippen molar-refractivity contribution in [2.45, 2.75) is 32.2 Å². The van der Waals surface area contributed by atoms with Crippen molar-refractivity contribution in [1.82, 2.24) is 10.6 Å². The molecule has 0 saturated carbocycles. The third-order valence-corrected chi connectivity index (χ3v) is 3.50. The smallest absolute Gasteiger partial charge is 0.242 e. The molecule has 0 unspecified atom stereocenters. The summed E-state index contributed by atoms with van der Waals surface area (Å²) in [6.45, 7) is 5.11. The molecule has 6 heteroatoms. The lowest BCUT2D eigenvalue weighted by molar-refractivity contribution is -0.141. The van der Waals surface area contributed by atoms with E-state index in [2.05, 4.69) is 10.6 Å². The molecule has 0 bridgehead atoms. The summed E-state index contributed by atoms with van der Waals surface area (Å²) in [5.74, 6) is -0.702. The average molecular weight is 257 g/mol. The highest BCUT2D eigenvalue weighted by Gasteiger charge is 2.42. The number of amides is 2. The standard InChI is InChI=1S/C12H23N3O3/c1-11(2,9(13)16)15-10(17)12(8-18-3)4-6-14-7-5-12/h14H,4-8H2,1-3H3,(H2,13,16)(H,15,17). The highest BCUT2D eigenvalue weighted by molar-refractivity contribution is 5.92. The van der Waals surface area contributed by atoms with Crippen LogP contribution in [0.2, 0.25) is 0 Å². The maximum Gasteiger partial charge on any atom is 0.242 e. The zero-order valence-electron chi connectivity index (χ0n) is 11.3. The van der Waals surface area contributed by atoms with Gasteiger partial charge in [0.15, 0.2) is 0 Å². The second-order valence-corrected chi connectivity index (χ2v) is 5.41. The molecule has 1 aliphatic heterocycles. The fourth-order valence-corrected chi connectivity index (χ4v) is 2.10. The van der Waals surface area contributed by atoms with Crippen LogP contribution in [-0.4, -0.2) is 44.2 Å². The normalized spacial score (nSPS) is 19.3. The van der Waals surface area contributed by atoms with Crippen LogP contribution in [0.15, 0.2) is 0 Å². The molecule has 104 valence electrons. The lowest BCUT2D eigenvalue weighted by Crippen LogP contribution is -2.59. The van der Waals surface area contributed by atoms with E-state index < -0.39 is 16.9 Å². The van der Waals surface area contributed by atoms with Crippen LogP contribution in [0.25, 0.3) is 0 Å². The van der Waals surface area contributed by atoms with Crippen LogP contribution < -0.4 is 16.4 Å². The number of hydrogen-bond donors (Lipinski definition) is 3. The summed E-state index contributed by atoms with van der Waals surface area (Å²) >= 11 is 0. The Morgan fingerprint density at radius 2 is 1.94 bits per heavy atom. The number of methoxy groups -OCH3 is 1. The van der Waals surface area contributed by atoms with Crippen LogP contribution in [0.4, 0.5) is 0 Å². The van der Waals surface area contributed by atoms with Crippen LogP contribution >= 0.6 is 0 Å². The number of nitrogens with two attached hydrogens (primary N) is 1. The van der Waals surface area contributed by atoms with Crippen molar-refractivity contribution in [2.75, 3.05) is 26.8 Å². The van der Waals surface area contributed by atoms with Crippen LogP contribution in [0.3, 0.4) is 0 Å². The number of rotatable bonds is 5. The Bertz CT molecular complexity index is 317. The lowest BCUT2D eigenvalue weighted by Gasteiger charge is -2.37. The molecular weight excluding hydrogens is 234 g/mol. The van der Waals surface area contributed by atoms with Gasteiger partial charge in [-0.3, -0.25) is 9.59 Å². The minimum atomic E-state index is -1.04. The van der Waals surface area contributed by atoms with Gasteiger partial charge in [-0.25, -0.2) is 0 Å². The number of carbonyl (C=O) groups is 2. The molecule has 0 aliphatic carbocycles. The molecular formula is C12H23N3O3. The van der Waals surface area contributed by atoms with Crippen molar-refractivity contribution in [1.29, 1.82) is 0 Å². The summed E-state index contributed by atoms with van der Waals surface area (Å²) in [5.41, 5.74) is 3.67. The van der Waals surface area contributed by atoms with Gasteiger partial charge in [-0.1, -0.05) is 0 Å². The van der Waals surface area contributed by atoms with Crippen LogP contribution in [0.5, 0.6) is 0 Å². The SMILES string of the molecule is COCC1(C(=O)NC(C)(C)C(N)=O)CCNCC1. The minimum absolute atomic E-state index is 0.158. The molecule has 1 aliphatic rings. The van der Waals surface area contributed by atoms with Crippen molar-refractivity contribution in [3.63, 3.8) is 0 Å². The topological polar surface area (TPSA) is 93.4 Å². The van der Waals surface area contributed by atoms with E-state index in [1.54, 1.807) is 21.0 Å². The Labute approximate surface area is 108 Å². The van der Waals surface area contributed by atoms with E-state index in [1.807, 2.05) is 0 Å². The first-order valence-corrected chi connectivity index (χ1v) is 6.16. The van der Waals surface area contributed by atoms with Gasteiger partial charge in [0.25, 0.3) is 0 Å². The van der Waals surface area contributed by atoms with Gasteiger partial charge in [-0.15, -0.1) is 0 Å². The quantitative estimate of drug-likeness (QED) is 0.612. The van der Waals surface area contributed by atoms with Gasteiger partial charge >= 0.3 is 0 Å². The third kappa shape index (κ3) is 3.20. The molecule has 1 heterocycles. The Hall–Kier alpha value is -1.14. The summed E-state index contributed by atoms with van der Waals surface area (Å²) in [4.78, 5) is 23.7. The first-order chi connectivity index (χ1) is 8.34. The fraction of sp³-hybridized carbons (Fsp3) is 0.833. The summed E-state index contributed by atoms with van der Waals surface area (Å²) < 4.78 is 5.18. The highest BCUT2D eigenvalue weighted by Crippen LogP contribution is 2.30. The molecule has 1 fully saturated rings. The number of piperidine rings is 1. The van der Waals surface area contributed by atoms with E-state index in [-0.39, 0.29) is 5.91 Å². The Balaban J connectivity index is 2.80. The lowest BCUT2D eigenvalue weighted by atomic mass is 9.78. The van der Waals surface area contributed by atoms with Gasteiger partial charge in [0, 0.05) is 7.11 Å². The Kier molecular flexibility index (Phi) is 4.70. The summed E-state index contributed by atoms with van der Waals surface area (Å²) in [7, 11) is 1.58. The largest absolute Gasteiger partial charge is 0.384 e. The van der Waals surface area contributed by atoms with Gasteiger partial charge in [-0.2, -0.15) is 0 Å². The predicted octanol–water partition coefficient (Wildman–Crippen LogP) is -0.617. The molecule has 4 N–H and O–H groups in total. The van der Waals surface area contributed by atoms with Crippen molar-refractivity contribution in [3.05, 3.63) is 0 Å². The van der Waals surface area contributed by atoms with Crippen molar-refractivity contribution >= 4 is 11.8 Å². The van der Waals surface area contributed by atoms with Gasteiger partial charge in [0.1, 0.15) is 5.54 Å². The van der Waals surface area contributed by atoms with E-state index in [0.717, 1.165) is 13.1 Å². The minimum Gasteiger partial charge on any atom is -0.384 e. The van der Waals surface area contributed by atoms with Crippen LogP contribution in [0.1, 0.15) is 26.7 Å². The van der Waals surface area contributed by atoms with Gasteiger partial charge < -0.3 is 21.1 Å². The number of carbonyl (C=O) groups excluding carboxylic acids is 2. The average Bonchev–Trinajstić information content (AvgIpc) is 2.29. The summed E-state index contributed by atoms with van der Waals surface area (Å²) in [6.07, 6.45) is 1.39. The first-order valence-electron chi connectivity index (χ1n) is 6.16. The number of nitrogens with one attached hydrogen (secondary N) is 2. The molecule has 0 spiro atoms. The first kappa shape index (κ1) is 14.9. The number of primary amides is 1. The van der Waals surface area contributed by atoms with E-state index in [0.29, 0.717) is 19.4 Å². The molecule has 0 atom stereocenters. The number of hydrogen-bond acceptors (Lipinski definition) is 4. The van der Waals surface area contributed by atoms with E-state index in [9.17, 15) is 9.59 Å². The van der Waals surface area contributed by atoms with Crippen molar-refractivity contribution in [3.8, 4) is 0 Å². The summed E-state index contributed by atoms with van der Waals surface area (Å²) in [5, 5.41) is 5.94. The molecule has 1 saturated heterocycles. The van der Waals surface area contributed by atoms with Crippen LogP contribution in [-0.2, 0) is 14.3 Å². The molecule has 2 amide bonds. The van der Waals surface area contributed by atoms with E-state index in [1.165, 1.54) is 0 Å². The predicted molar refractivity (Wildman–Crippen MR) is 67.8 cm³/mol. The summed E-state index contributed by atoms with van der Waals surface area (Å²) in [6, 6.07) is 0. The monoisotopic (exact) mass is 257 g/mol. The highest BCUT2D eigenvalue weighted by atomic mass is 16.5. The second-order valence-electron chi connectivity index (χ2n) is 5.41. The molecule has 0 aromatic heterocycles. The maximum atomic E-state index is 12.4. The third-order valence-electron chi connectivity index (χ3n) is 3.50. The zero-order valence-corrected chi connectivity index (χ0v) is 11.3. The van der Waals surface area contributed by atoms with Gasteiger partial charge in [0.2, 0.25) is 11.8 Å². The van der Waals surface area contributed by atoms with Crippen molar-refractivity contribution < 1.29 is 14.3 Å². The molecule has 0 radical (unpaired) electrons. The molecule has 1 rings (SSSR count). The van der Waals surface area contributed by atoms with Gasteiger partial charge in [0.05, 0.1) is 12.0 Å². The van der Waals surface area contributed by atoms with E-state index >= 15 is 0 Å². The molecule has 0 aromatic carbocycles. The zero-order chi connectivity index (χ0) is 13.8. The molecule has 0 aromatic rings. The fourth-order valence-electron chi connectivity index (χ4n) is 2.10. The molecule has 6 nitrogen and oxygen atoms in total. The Morgan fingerprint density at radius 3 is 2.39 bits per heavy atom. The molecule has 18 heavy (non-hydrogen) atoms. The second kappa shape index (κ2) is 5.67. The van der Waals surface area contributed by atoms with E-state index in [4.69, 9.17) is 10.5 Å². The van der Waals surface area contributed by atoms with Crippen LogP contribution in [0, 0.1) is 5.41 Å². The van der Waals surface area contributed by atoms with Crippen molar-refractivity contribution in [2.24, 2.45) is 11.1 Å². The number of ether oxygens (including phenoxy) is 1. The maximum absolute atomic E-state index is 12.4. The van der Waals surface area contributed by atoms with Gasteiger partial charge in [-0.05, 0) is 39.8 Å².